The van der Waals surface area contributed by atoms with Crippen LogP contribution in [-0.2, 0) is 89.7 Å². The number of carbonyl (C=O) groups is 8. The van der Waals surface area contributed by atoms with Gasteiger partial charge in [0.1, 0.15) is 16.6 Å². The summed E-state index contributed by atoms with van der Waals surface area (Å²) in [5, 5.41) is 3.20. The van der Waals surface area contributed by atoms with Crippen molar-refractivity contribution in [1.82, 2.24) is 9.97 Å². The zero-order valence-corrected chi connectivity index (χ0v) is 69.2. The summed E-state index contributed by atoms with van der Waals surface area (Å²) in [6.07, 6.45) is 7.59. The van der Waals surface area contributed by atoms with Crippen LogP contribution in [0.25, 0.3) is 0 Å². The maximum atomic E-state index is 13.9. The maximum absolute atomic E-state index is 13.9. The van der Waals surface area contributed by atoms with Crippen molar-refractivity contribution in [2.45, 2.75) is 252 Å². The molecule has 0 atom stereocenters. The first kappa shape index (κ1) is 83.8. The molecule has 18 nitrogen and oxygen atoms in total. The van der Waals surface area contributed by atoms with Crippen LogP contribution >= 0.6 is 11.3 Å². The Morgan fingerprint density at radius 3 is 1.19 bits per heavy atom. The lowest BCUT2D eigenvalue weighted by atomic mass is 10.0. The molecule has 0 saturated heterocycles. The molecule has 0 spiro atoms. The van der Waals surface area contributed by atoms with Crippen LogP contribution in [0.2, 0.25) is 0 Å². The van der Waals surface area contributed by atoms with Gasteiger partial charge in [-0.25, -0.2) is 9.37 Å². The lowest BCUT2D eigenvalue weighted by Gasteiger charge is -2.24. The highest BCUT2D eigenvalue weighted by Gasteiger charge is 2.37. The number of aromatic nitrogens is 2. The quantitative estimate of drug-likeness (QED) is 0.142. The van der Waals surface area contributed by atoms with Crippen LogP contribution in [0.15, 0.2) is 127 Å². The molecule has 16 rings (SSSR count). The number of carbonyl (C=O) groups excluding carboxylic acids is 8. The number of fused-ring (bicyclic) bond motifs is 8. The van der Waals surface area contributed by atoms with Gasteiger partial charge in [0.25, 0.3) is 0 Å². The second-order valence-electron chi connectivity index (χ2n) is 31.5. The molecule has 0 fully saturated rings. The number of anilines is 8. The van der Waals surface area contributed by atoms with Gasteiger partial charge in [-0.2, -0.15) is 0 Å². The van der Waals surface area contributed by atoms with Gasteiger partial charge in [0.2, 0.25) is 47.3 Å². The number of nitrogens with zero attached hydrogens (tertiary/aromatic N) is 10. The van der Waals surface area contributed by atoms with E-state index in [2.05, 4.69) is 129 Å². The summed E-state index contributed by atoms with van der Waals surface area (Å²) in [4.78, 5) is 116. The number of rotatable bonds is 8. The standard InChI is InChI=1S/2C13H17NO.C12H14FNO.C12H15NO.C11H13NO.2C10H12N2O.C9H11NOS/c2*1-8(2)14-12(15)7-11-6-5-9(3)10(4)13(11)14;1-7(2)14-10(15)6-9-5-4-8(3)11(13)12(9)14;1-8(2)13-11-6-9(3)4-5-10(11)7-12(13)14;1-8(2)12-10-6-4-3-5-9(10)7-11(12)13;1-7(2)12-9-4-3-5-11-8(9)6-10(12)13;1-7(2)12-9(13)6-8-4-3-5-11-10(8)12;1-6(2)10-8(11)5-7-3-4-12-9(7)10/h2*5-6,8H,7H2,1-4H3;4-5,7H,6H2,1-3H3;4-6,8H,7H2,1-3H3;3-6,8H,7H2,1-2H3;2*3-5,7H,6H2,1-2H3;3-4,6H,5H2,1-2H3. The van der Waals surface area contributed by atoms with Crippen molar-refractivity contribution in [2.24, 2.45) is 0 Å². The molecule has 8 aliphatic heterocycles. The van der Waals surface area contributed by atoms with Crippen LogP contribution in [0.4, 0.5) is 49.3 Å². The molecule has 582 valence electrons. The molecule has 0 N–H and O–H groups in total. The van der Waals surface area contributed by atoms with E-state index in [1.165, 1.54) is 44.5 Å². The number of amides is 8. The van der Waals surface area contributed by atoms with Crippen LogP contribution in [0, 0.1) is 47.4 Å². The molecule has 8 aromatic rings. The Kier molecular flexibility index (Phi) is 27.2. The zero-order chi connectivity index (χ0) is 80.8. The summed E-state index contributed by atoms with van der Waals surface area (Å²) in [6.45, 7) is 44.5. The number of pyridine rings is 2. The monoisotopic (exact) mass is 1510 g/mol. The third kappa shape index (κ3) is 18.1. The first-order valence-electron chi connectivity index (χ1n) is 38.6. The Hall–Kier alpha value is -10.2. The highest BCUT2D eigenvalue weighted by Crippen LogP contribution is 2.40. The largest absolute Gasteiger partial charge is 0.309 e. The molecule has 0 saturated carbocycles. The number of thiophene rings is 1. The zero-order valence-electron chi connectivity index (χ0n) is 68.4. The Morgan fingerprint density at radius 2 is 0.673 bits per heavy atom. The number of aryl methyl sites for hydroxylation is 4. The van der Waals surface area contributed by atoms with E-state index in [0.29, 0.717) is 62.6 Å². The molecule has 20 heteroatoms. The molecule has 0 radical (unpaired) electrons. The molecule has 11 heterocycles. The van der Waals surface area contributed by atoms with Crippen LogP contribution in [0.5, 0.6) is 0 Å². The molecule has 0 bridgehead atoms. The number of hydrogen-bond donors (Lipinski definition) is 0. The topological polar surface area (TPSA) is 188 Å². The van der Waals surface area contributed by atoms with Gasteiger partial charge >= 0.3 is 0 Å². The minimum atomic E-state index is -0.257. The smallest absolute Gasteiger partial charge is 0.233 e. The van der Waals surface area contributed by atoms with Crippen LogP contribution in [-0.4, -0.2) is 106 Å². The number of hydrogen-bond acceptors (Lipinski definition) is 11. The predicted octanol–water partition coefficient (Wildman–Crippen LogP) is 16.7. The molecule has 8 aliphatic rings. The third-order valence-corrected chi connectivity index (χ3v) is 21.5. The van der Waals surface area contributed by atoms with E-state index >= 15 is 0 Å². The van der Waals surface area contributed by atoms with E-state index in [9.17, 15) is 42.7 Å². The van der Waals surface area contributed by atoms with Crippen LogP contribution < -0.4 is 39.2 Å². The molecule has 110 heavy (non-hydrogen) atoms. The van der Waals surface area contributed by atoms with E-state index in [1.54, 1.807) is 46.5 Å². The molecule has 3 aromatic heterocycles. The summed E-state index contributed by atoms with van der Waals surface area (Å²) in [7, 11) is 0. The number of halogens is 1. The van der Waals surface area contributed by atoms with Gasteiger partial charge in [0.15, 0.2) is 0 Å². The van der Waals surface area contributed by atoms with E-state index in [4.69, 9.17) is 0 Å². The minimum Gasteiger partial charge on any atom is -0.309 e. The van der Waals surface area contributed by atoms with Gasteiger partial charge in [0, 0.05) is 77.7 Å². The van der Waals surface area contributed by atoms with Crippen molar-refractivity contribution in [2.75, 3.05) is 39.2 Å². The average Bonchev–Trinajstić information content (AvgIpc) is 1.62. The van der Waals surface area contributed by atoms with Crippen molar-refractivity contribution in [3.8, 4) is 0 Å². The van der Waals surface area contributed by atoms with Crippen molar-refractivity contribution < 1.29 is 42.7 Å². The van der Waals surface area contributed by atoms with Crippen molar-refractivity contribution in [1.29, 1.82) is 0 Å². The number of para-hydroxylation sites is 1. The molecule has 5 aromatic carbocycles. The highest BCUT2D eigenvalue weighted by atomic mass is 32.1. The highest BCUT2D eigenvalue weighted by molar-refractivity contribution is 7.14. The van der Waals surface area contributed by atoms with E-state index < -0.39 is 0 Å². The van der Waals surface area contributed by atoms with Gasteiger partial charge in [0.05, 0.1) is 79.8 Å². The summed E-state index contributed by atoms with van der Waals surface area (Å²) in [6, 6.07) is 37.6. The average molecular weight is 1510 g/mol. The van der Waals surface area contributed by atoms with E-state index in [1.807, 2.05) is 165 Å². The summed E-state index contributed by atoms with van der Waals surface area (Å²) in [5.41, 5.74) is 21.4. The van der Waals surface area contributed by atoms with Gasteiger partial charge in [-0.15, -0.1) is 11.3 Å². The van der Waals surface area contributed by atoms with Crippen LogP contribution in [0.1, 0.15) is 189 Å². The van der Waals surface area contributed by atoms with Gasteiger partial charge in [-0.05, 0) is 261 Å². The van der Waals surface area contributed by atoms with Gasteiger partial charge < -0.3 is 34.3 Å². The van der Waals surface area contributed by atoms with E-state index in [0.717, 1.165) is 67.2 Å². The Balaban J connectivity index is 0.000000145. The lowest BCUT2D eigenvalue weighted by molar-refractivity contribution is -0.118. The SMILES string of the molecule is CC(C)N1C(=O)Cc2ccccc21.CC(C)N1C(=O)Cc2cccnc21.CC(C)N1C(=O)Cc2ccsc21.CC(C)N1C(=O)Cc2ncccc21.Cc1ccc2c(c1)N(C(C)C)C(=O)C2.Cc1ccc2c(c1C)N(C(C)C)C(=O)C2.Cc1ccc2c(c1C)N(C(C)C)C(=O)C2.Cc1ccc2c(c1F)N(C(C)C)C(=O)C2. The normalized spacial score (nSPS) is 15.2. The van der Waals surface area contributed by atoms with Crippen molar-refractivity contribution in [3.05, 3.63) is 211 Å². The predicted molar refractivity (Wildman–Crippen MR) is 444 cm³/mol. The first-order valence-corrected chi connectivity index (χ1v) is 39.5. The van der Waals surface area contributed by atoms with Crippen molar-refractivity contribution in [3.63, 3.8) is 0 Å². The third-order valence-electron chi connectivity index (χ3n) is 20.6. The summed E-state index contributed by atoms with van der Waals surface area (Å²) >= 11 is 1.66. The van der Waals surface area contributed by atoms with E-state index in [-0.39, 0.29) is 101 Å². The Morgan fingerprint density at radius 1 is 0.318 bits per heavy atom. The second-order valence-corrected chi connectivity index (χ2v) is 32.4. The lowest BCUT2D eigenvalue weighted by Crippen LogP contribution is -2.34. The van der Waals surface area contributed by atoms with Crippen molar-refractivity contribution >= 4 is 104 Å². The summed E-state index contributed by atoms with van der Waals surface area (Å²) < 4.78 is 13.9. The maximum Gasteiger partial charge on any atom is 0.233 e. The molecule has 0 aliphatic carbocycles. The summed E-state index contributed by atoms with van der Waals surface area (Å²) in [5.74, 6) is 2.03. The fourth-order valence-corrected chi connectivity index (χ4v) is 16.4. The first-order chi connectivity index (χ1) is 51.9. The molecular weight excluding hydrogens is 1400 g/mol. The second kappa shape index (κ2) is 35.6. The van der Waals surface area contributed by atoms with Crippen LogP contribution in [0.3, 0.4) is 0 Å². The Labute approximate surface area is 654 Å². The molecule has 8 amide bonds. The van der Waals surface area contributed by atoms with Gasteiger partial charge in [-0.3, -0.25) is 48.2 Å². The molecular formula is C90H111FN10O8S. The van der Waals surface area contributed by atoms with Gasteiger partial charge in [-0.1, -0.05) is 72.8 Å². The fraction of sp³-hybridized carbons (Fsp3) is 0.422. The minimum absolute atomic E-state index is 0.00931. The fourth-order valence-electron chi connectivity index (χ4n) is 15.3. The molecule has 0 unspecified atom stereocenters. The Bertz CT molecular complexity index is 4430. The number of benzene rings is 5.